The molecule has 2 N–H and O–H groups in total. The van der Waals surface area contributed by atoms with E-state index in [9.17, 15) is 9.59 Å². The lowest BCUT2D eigenvalue weighted by Gasteiger charge is -2.31. The van der Waals surface area contributed by atoms with Crippen LogP contribution in [0.3, 0.4) is 0 Å². The van der Waals surface area contributed by atoms with Gasteiger partial charge in [-0.2, -0.15) is 0 Å². The summed E-state index contributed by atoms with van der Waals surface area (Å²) in [4.78, 5) is 30.6. The number of aliphatic imine (C=N–C) groups is 1. The quantitative estimate of drug-likeness (QED) is 0.290. The summed E-state index contributed by atoms with van der Waals surface area (Å²) in [5.41, 5.74) is 9.80. The number of piperidine rings is 1. The molecule has 6 heteroatoms. The lowest BCUT2D eigenvalue weighted by molar-refractivity contribution is -0.142. The minimum Gasteiger partial charge on any atom is -0.469 e. The molecule has 0 atom stereocenters. The lowest BCUT2D eigenvalue weighted by Crippen LogP contribution is -2.38. The normalized spacial score (nSPS) is 14.9. The minimum absolute atomic E-state index is 0.0412. The molecular formula is C26H33N3O3. The van der Waals surface area contributed by atoms with E-state index in [1.165, 1.54) is 7.11 Å². The number of amides is 1. The van der Waals surface area contributed by atoms with Crippen LogP contribution in [0.4, 0.5) is 0 Å². The van der Waals surface area contributed by atoms with Gasteiger partial charge in [0.1, 0.15) is 5.84 Å². The third kappa shape index (κ3) is 6.19. The molecule has 2 aromatic carbocycles. The van der Waals surface area contributed by atoms with Crippen molar-refractivity contribution in [3.05, 3.63) is 59.7 Å². The molecule has 0 radical (unpaired) electrons. The van der Waals surface area contributed by atoms with E-state index in [1.54, 1.807) is 0 Å². The van der Waals surface area contributed by atoms with E-state index in [2.05, 4.69) is 11.9 Å². The maximum absolute atomic E-state index is 12.9. The average Bonchev–Trinajstić information content (AvgIpc) is 2.84. The van der Waals surface area contributed by atoms with E-state index >= 15 is 0 Å². The van der Waals surface area contributed by atoms with Crippen molar-refractivity contribution < 1.29 is 14.3 Å². The Morgan fingerprint density at radius 3 is 2.09 bits per heavy atom. The molecule has 170 valence electrons. The number of methoxy groups -OCH3 is 1. The smallest absolute Gasteiger partial charge is 0.305 e. The van der Waals surface area contributed by atoms with Crippen LogP contribution in [0.15, 0.2) is 53.5 Å². The van der Waals surface area contributed by atoms with Crippen LogP contribution in [0.25, 0.3) is 11.1 Å². The zero-order chi connectivity index (χ0) is 22.9. The van der Waals surface area contributed by atoms with E-state index in [1.807, 2.05) is 53.4 Å². The first-order valence-corrected chi connectivity index (χ1v) is 11.4. The second-order valence-corrected chi connectivity index (χ2v) is 8.29. The van der Waals surface area contributed by atoms with Gasteiger partial charge in [0, 0.05) is 37.2 Å². The van der Waals surface area contributed by atoms with Gasteiger partial charge in [0.05, 0.1) is 7.11 Å². The lowest BCUT2D eigenvalue weighted by atomic mass is 9.93. The SMILES string of the molecule is CCCCN=C(N)c1ccc(-c2ccc(C(=O)N3CCC(CC(=O)OC)CC3)cc2)cc1. The highest BCUT2D eigenvalue weighted by molar-refractivity contribution is 5.98. The highest BCUT2D eigenvalue weighted by atomic mass is 16.5. The Balaban J connectivity index is 1.58. The molecular weight excluding hydrogens is 402 g/mol. The molecule has 32 heavy (non-hydrogen) atoms. The Bertz CT molecular complexity index is 928. The first kappa shape index (κ1) is 23.5. The molecule has 0 unspecified atom stereocenters. The van der Waals surface area contributed by atoms with Crippen molar-refractivity contribution in [2.24, 2.45) is 16.6 Å². The number of carbonyl (C=O) groups is 2. The number of likely N-dealkylation sites (tertiary alicyclic amines) is 1. The van der Waals surface area contributed by atoms with Crippen LogP contribution in [-0.2, 0) is 9.53 Å². The van der Waals surface area contributed by atoms with Crippen LogP contribution in [0.1, 0.15) is 54.9 Å². The fraction of sp³-hybridized carbons (Fsp3) is 0.423. The number of ether oxygens (including phenoxy) is 1. The third-order valence-corrected chi connectivity index (χ3v) is 6.02. The van der Waals surface area contributed by atoms with Gasteiger partial charge in [-0.15, -0.1) is 0 Å². The molecule has 0 aromatic heterocycles. The van der Waals surface area contributed by atoms with Gasteiger partial charge in [-0.25, -0.2) is 0 Å². The molecule has 1 aliphatic rings. The summed E-state index contributed by atoms with van der Waals surface area (Å²) < 4.78 is 4.75. The fourth-order valence-corrected chi connectivity index (χ4v) is 3.93. The second kappa shape index (κ2) is 11.5. The Labute approximate surface area is 190 Å². The molecule has 1 fully saturated rings. The largest absolute Gasteiger partial charge is 0.469 e. The van der Waals surface area contributed by atoms with Crippen LogP contribution in [-0.4, -0.2) is 49.4 Å². The van der Waals surface area contributed by atoms with Gasteiger partial charge in [0.15, 0.2) is 0 Å². The van der Waals surface area contributed by atoms with E-state index < -0.39 is 0 Å². The van der Waals surface area contributed by atoms with Crippen LogP contribution in [0.5, 0.6) is 0 Å². The summed E-state index contributed by atoms with van der Waals surface area (Å²) >= 11 is 0. The summed E-state index contributed by atoms with van der Waals surface area (Å²) in [7, 11) is 1.41. The van der Waals surface area contributed by atoms with Crippen molar-refractivity contribution in [3.8, 4) is 11.1 Å². The maximum atomic E-state index is 12.9. The number of esters is 1. The number of hydrogen-bond acceptors (Lipinski definition) is 4. The molecule has 0 spiro atoms. The summed E-state index contributed by atoms with van der Waals surface area (Å²) in [5.74, 6) is 0.730. The van der Waals surface area contributed by atoms with E-state index in [4.69, 9.17) is 10.5 Å². The van der Waals surface area contributed by atoms with Crippen LogP contribution in [0, 0.1) is 5.92 Å². The zero-order valence-electron chi connectivity index (χ0n) is 19.0. The number of benzene rings is 2. The highest BCUT2D eigenvalue weighted by Crippen LogP contribution is 2.24. The third-order valence-electron chi connectivity index (χ3n) is 6.02. The van der Waals surface area contributed by atoms with Crippen LogP contribution < -0.4 is 5.73 Å². The Morgan fingerprint density at radius 1 is 1.00 bits per heavy atom. The Hall–Kier alpha value is -3.15. The van der Waals surface area contributed by atoms with Crippen LogP contribution in [0.2, 0.25) is 0 Å². The first-order valence-electron chi connectivity index (χ1n) is 11.4. The minimum atomic E-state index is -0.176. The molecule has 1 aliphatic heterocycles. The second-order valence-electron chi connectivity index (χ2n) is 8.29. The number of hydrogen-bond donors (Lipinski definition) is 1. The maximum Gasteiger partial charge on any atom is 0.305 e. The monoisotopic (exact) mass is 435 g/mol. The number of rotatable bonds is 8. The predicted octanol–water partition coefficient (Wildman–Crippen LogP) is 4.27. The van der Waals surface area contributed by atoms with E-state index in [0.29, 0.717) is 36.8 Å². The van der Waals surface area contributed by atoms with Gasteiger partial charge in [-0.1, -0.05) is 49.7 Å². The van der Waals surface area contributed by atoms with E-state index in [0.717, 1.165) is 48.9 Å². The van der Waals surface area contributed by atoms with Gasteiger partial charge in [-0.05, 0) is 48.4 Å². The predicted molar refractivity (Wildman–Crippen MR) is 128 cm³/mol. The first-order chi connectivity index (χ1) is 15.5. The molecule has 1 heterocycles. The number of amidine groups is 1. The van der Waals surface area contributed by atoms with Gasteiger partial charge < -0.3 is 15.4 Å². The van der Waals surface area contributed by atoms with Crippen molar-refractivity contribution in [3.63, 3.8) is 0 Å². The van der Waals surface area contributed by atoms with Crippen molar-refractivity contribution in [1.82, 2.24) is 4.90 Å². The molecule has 2 aromatic rings. The standard InChI is InChI=1S/C26H33N3O3/c1-3-4-15-28-25(27)22-9-5-20(6-10-22)21-7-11-23(12-8-21)26(31)29-16-13-19(14-17-29)18-24(30)32-2/h5-12,19H,3-4,13-18H2,1-2H3,(H2,27,28). The molecule has 1 saturated heterocycles. The summed E-state index contributed by atoms with van der Waals surface area (Å²) in [5, 5.41) is 0. The van der Waals surface area contributed by atoms with Crippen LogP contribution >= 0.6 is 0 Å². The van der Waals surface area contributed by atoms with Gasteiger partial charge in [-0.3, -0.25) is 14.6 Å². The Kier molecular flexibility index (Phi) is 8.42. The van der Waals surface area contributed by atoms with Crippen molar-refractivity contribution in [2.45, 2.75) is 39.0 Å². The fourth-order valence-electron chi connectivity index (χ4n) is 3.93. The molecule has 0 bridgehead atoms. The number of nitrogens with zero attached hydrogens (tertiary/aromatic N) is 2. The van der Waals surface area contributed by atoms with Crippen molar-refractivity contribution in [2.75, 3.05) is 26.7 Å². The molecule has 6 nitrogen and oxygen atoms in total. The summed E-state index contributed by atoms with van der Waals surface area (Å²) in [6.07, 6.45) is 4.23. The summed E-state index contributed by atoms with van der Waals surface area (Å²) in [6, 6.07) is 15.7. The molecule has 0 saturated carbocycles. The number of nitrogens with two attached hydrogens (primary N) is 1. The van der Waals surface area contributed by atoms with Gasteiger partial charge in [0.2, 0.25) is 0 Å². The number of unbranched alkanes of at least 4 members (excludes halogenated alkanes) is 1. The zero-order valence-corrected chi connectivity index (χ0v) is 19.0. The topological polar surface area (TPSA) is 85.0 Å². The summed E-state index contributed by atoms with van der Waals surface area (Å²) in [6.45, 7) is 4.23. The molecule has 0 aliphatic carbocycles. The molecule has 1 amide bonds. The van der Waals surface area contributed by atoms with Gasteiger partial charge >= 0.3 is 5.97 Å². The van der Waals surface area contributed by atoms with Crippen molar-refractivity contribution in [1.29, 1.82) is 0 Å². The van der Waals surface area contributed by atoms with E-state index in [-0.39, 0.29) is 11.9 Å². The highest BCUT2D eigenvalue weighted by Gasteiger charge is 2.25. The average molecular weight is 436 g/mol. The molecule has 3 rings (SSSR count). The Morgan fingerprint density at radius 2 is 1.56 bits per heavy atom. The van der Waals surface area contributed by atoms with Gasteiger partial charge in [0.25, 0.3) is 5.91 Å². The number of carbonyl (C=O) groups excluding carboxylic acids is 2. The van der Waals surface area contributed by atoms with Crippen molar-refractivity contribution >= 4 is 17.7 Å².